The van der Waals surface area contributed by atoms with Crippen LogP contribution in [0.1, 0.15) is 32.3 Å². The van der Waals surface area contributed by atoms with Gasteiger partial charge in [-0.15, -0.1) is 0 Å². The van der Waals surface area contributed by atoms with Gasteiger partial charge in [0.05, 0.1) is 36.9 Å². The minimum Gasteiger partial charge on any atom is -0.508 e. The van der Waals surface area contributed by atoms with Crippen molar-refractivity contribution in [3.63, 3.8) is 0 Å². The first-order valence-corrected chi connectivity index (χ1v) is 15.6. The van der Waals surface area contributed by atoms with Crippen LogP contribution < -0.4 is 9.64 Å². The number of pyridine rings is 1. The predicted molar refractivity (Wildman–Crippen MR) is 170 cm³/mol. The van der Waals surface area contributed by atoms with Gasteiger partial charge in [0, 0.05) is 30.6 Å². The maximum Gasteiger partial charge on any atom is 0.319 e. The van der Waals surface area contributed by atoms with Crippen LogP contribution in [0.2, 0.25) is 0 Å². The number of phenols is 1. The zero-order valence-corrected chi connectivity index (χ0v) is 26.1. The molecule has 9 nitrogen and oxygen atoms in total. The van der Waals surface area contributed by atoms with Crippen LogP contribution in [0.4, 0.5) is 14.6 Å². The summed E-state index contributed by atoms with van der Waals surface area (Å²) in [6.45, 7) is 7.64. The third-order valence-corrected chi connectivity index (χ3v) is 9.01. The van der Waals surface area contributed by atoms with E-state index < -0.39 is 5.82 Å². The molecule has 1 N–H and O–H groups in total. The zero-order chi connectivity index (χ0) is 31.5. The van der Waals surface area contributed by atoms with E-state index in [1.54, 1.807) is 24.4 Å². The third-order valence-electron chi connectivity index (χ3n) is 9.01. The van der Waals surface area contributed by atoms with Gasteiger partial charge >= 0.3 is 6.01 Å². The standard InChI is InChI=1S/C34H38F2N6O3/c1-5-23-25(35)7-6-21-14-22(43)15-24(27(21)23)31-29(36)30-28(26-8-11-37-42(26)31)32(41-12-13-44-17-20(2)16-41)39-33(38-30)45-19-34(9-10-34)18-40(3)4/h6-8,11,14-15,20,43H,5,9-10,12-13,16-19H2,1-4H3/t20-/m1/s1. The molecule has 236 valence electrons. The summed E-state index contributed by atoms with van der Waals surface area (Å²) in [5.41, 5.74) is 1.55. The van der Waals surface area contributed by atoms with Crippen molar-refractivity contribution in [3.05, 3.63) is 53.7 Å². The van der Waals surface area contributed by atoms with E-state index in [1.165, 1.54) is 16.6 Å². The third kappa shape index (κ3) is 5.31. The summed E-state index contributed by atoms with van der Waals surface area (Å²) in [4.78, 5) is 13.9. The van der Waals surface area contributed by atoms with Gasteiger partial charge in [0.25, 0.3) is 0 Å². The summed E-state index contributed by atoms with van der Waals surface area (Å²) in [6.07, 6.45) is 4.07. The highest BCUT2D eigenvalue weighted by molar-refractivity contribution is 6.07. The highest BCUT2D eigenvalue weighted by atomic mass is 19.1. The lowest BCUT2D eigenvalue weighted by Crippen LogP contribution is -2.31. The fraction of sp³-hybridized carbons (Fsp3) is 0.441. The van der Waals surface area contributed by atoms with Crippen molar-refractivity contribution in [2.45, 2.75) is 33.1 Å². The Balaban J connectivity index is 1.49. The Morgan fingerprint density at radius 3 is 2.71 bits per heavy atom. The highest BCUT2D eigenvalue weighted by Crippen LogP contribution is 2.47. The van der Waals surface area contributed by atoms with Crippen molar-refractivity contribution in [2.75, 3.05) is 58.5 Å². The Labute approximate surface area is 260 Å². The molecule has 2 fully saturated rings. The largest absolute Gasteiger partial charge is 0.508 e. The number of ether oxygens (including phenoxy) is 2. The first kappa shape index (κ1) is 29.6. The Morgan fingerprint density at radius 1 is 1.13 bits per heavy atom. The fourth-order valence-corrected chi connectivity index (χ4v) is 6.84. The van der Waals surface area contributed by atoms with Crippen LogP contribution in [0.25, 0.3) is 38.4 Å². The van der Waals surface area contributed by atoms with Gasteiger partial charge in [-0.2, -0.15) is 15.1 Å². The monoisotopic (exact) mass is 616 g/mol. The van der Waals surface area contributed by atoms with E-state index in [1.807, 2.05) is 21.0 Å². The number of aromatic nitrogens is 4. The molecular weight excluding hydrogens is 578 g/mol. The van der Waals surface area contributed by atoms with Crippen molar-refractivity contribution >= 4 is 33.0 Å². The second-order valence-electron chi connectivity index (χ2n) is 13.0. The summed E-state index contributed by atoms with van der Waals surface area (Å²) in [7, 11) is 4.09. The molecular formula is C34H38F2N6O3. The minimum absolute atomic E-state index is 0.0210. The highest BCUT2D eigenvalue weighted by Gasteiger charge is 2.44. The molecule has 0 unspecified atom stereocenters. The number of aromatic hydroxyl groups is 1. The van der Waals surface area contributed by atoms with Gasteiger partial charge in [-0.25, -0.2) is 13.3 Å². The number of rotatable bonds is 8. The predicted octanol–water partition coefficient (Wildman–Crippen LogP) is 5.84. The number of aryl methyl sites for hydroxylation is 1. The van der Waals surface area contributed by atoms with Gasteiger partial charge in [-0.05, 0) is 79.9 Å². The number of benzene rings is 2. The molecule has 0 amide bonds. The van der Waals surface area contributed by atoms with Gasteiger partial charge in [0.2, 0.25) is 0 Å². The van der Waals surface area contributed by atoms with E-state index in [4.69, 9.17) is 19.4 Å². The molecule has 0 bridgehead atoms. The van der Waals surface area contributed by atoms with E-state index in [0.29, 0.717) is 78.0 Å². The number of hydrogen-bond acceptors (Lipinski definition) is 8. The normalized spacial score (nSPS) is 18.3. The number of hydrogen-bond donors (Lipinski definition) is 1. The van der Waals surface area contributed by atoms with Crippen LogP contribution in [0.15, 0.2) is 36.5 Å². The van der Waals surface area contributed by atoms with Gasteiger partial charge in [0.15, 0.2) is 5.82 Å². The maximum absolute atomic E-state index is 17.3. The molecule has 7 rings (SSSR count). The first-order chi connectivity index (χ1) is 21.7. The van der Waals surface area contributed by atoms with Gasteiger partial charge in [-0.3, -0.25) is 0 Å². The lowest BCUT2D eigenvalue weighted by molar-refractivity contribution is 0.129. The molecule has 1 saturated carbocycles. The van der Waals surface area contributed by atoms with Crippen molar-refractivity contribution < 1.29 is 23.4 Å². The number of anilines is 1. The Kier molecular flexibility index (Phi) is 7.48. The van der Waals surface area contributed by atoms with E-state index in [0.717, 1.165) is 19.4 Å². The maximum atomic E-state index is 17.3. The number of nitrogens with zero attached hydrogens (tertiary/aromatic N) is 6. The number of phenolic OH excluding ortho intramolecular Hbond substituents is 1. The molecule has 1 saturated heterocycles. The minimum atomic E-state index is -0.651. The molecule has 3 aromatic heterocycles. The average Bonchev–Trinajstić information content (AvgIpc) is 3.66. The van der Waals surface area contributed by atoms with Crippen molar-refractivity contribution in [1.29, 1.82) is 0 Å². The molecule has 2 aliphatic rings. The quantitative estimate of drug-likeness (QED) is 0.233. The van der Waals surface area contributed by atoms with Crippen molar-refractivity contribution in [1.82, 2.24) is 24.5 Å². The molecule has 11 heteroatoms. The van der Waals surface area contributed by atoms with Crippen LogP contribution in [0.5, 0.6) is 11.8 Å². The first-order valence-electron chi connectivity index (χ1n) is 15.6. The zero-order valence-electron chi connectivity index (χ0n) is 26.1. The fourth-order valence-electron chi connectivity index (χ4n) is 6.84. The molecule has 2 aromatic carbocycles. The van der Waals surface area contributed by atoms with Crippen LogP contribution in [-0.4, -0.2) is 83.1 Å². The lowest BCUT2D eigenvalue weighted by atomic mass is 9.94. The van der Waals surface area contributed by atoms with Gasteiger partial charge in [-0.1, -0.05) is 19.9 Å². The van der Waals surface area contributed by atoms with Gasteiger partial charge in [0.1, 0.15) is 28.6 Å². The Hall–Kier alpha value is -4.09. The van der Waals surface area contributed by atoms with Crippen LogP contribution in [0.3, 0.4) is 0 Å². The second kappa shape index (κ2) is 11.4. The van der Waals surface area contributed by atoms with Crippen LogP contribution in [-0.2, 0) is 11.2 Å². The van der Waals surface area contributed by atoms with Crippen LogP contribution >= 0.6 is 0 Å². The molecule has 0 radical (unpaired) electrons. The molecule has 5 aromatic rings. The Morgan fingerprint density at radius 2 is 1.96 bits per heavy atom. The SMILES string of the molecule is CCc1c(F)ccc2cc(O)cc(-c3c(F)c4nc(OCC5(CN(C)C)CC5)nc(N5CCOC[C@H](C)C5)c4c4ccnn34)c12. The second-order valence-corrected chi connectivity index (χ2v) is 13.0. The van der Waals surface area contributed by atoms with Crippen molar-refractivity contribution in [2.24, 2.45) is 11.3 Å². The molecule has 45 heavy (non-hydrogen) atoms. The molecule has 4 heterocycles. The lowest BCUT2D eigenvalue weighted by Gasteiger charge is -2.26. The molecule has 1 atom stereocenters. The Bertz CT molecular complexity index is 1920. The summed E-state index contributed by atoms with van der Waals surface area (Å²) in [6, 6.07) is 7.92. The van der Waals surface area contributed by atoms with E-state index in [-0.39, 0.29) is 40.1 Å². The van der Waals surface area contributed by atoms with Gasteiger partial charge < -0.3 is 24.4 Å². The van der Waals surface area contributed by atoms with Crippen LogP contribution in [0, 0.1) is 23.0 Å². The molecule has 1 aliphatic carbocycles. The van der Waals surface area contributed by atoms with Crippen molar-refractivity contribution in [3.8, 4) is 23.0 Å². The average molecular weight is 617 g/mol. The summed E-state index contributed by atoms with van der Waals surface area (Å²) >= 11 is 0. The van der Waals surface area contributed by atoms with E-state index >= 15 is 8.78 Å². The van der Waals surface area contributed by atoms with E-state index in [9.17, 15) is 5.11 Å². The summed E-state index contributed by atoms with van der Waals surface area (Å²) in [5, 5.41) is 16.9. The molecule has 0 spiro atoms. The summed E-state index contributed by atoms with van der Waals surface area (Å²) < 4.78 is 46.0. The number of halogens is 2. The van der Waals surface area contributed by atoms with E-state index in [2.05, 4.69) is 21.8 Å². The number of fused-ring (bicyclic) bond motifs is 4. The summed E-state index contributed by atoms with van der Waals surface area (Å²) in [5.74, 6) is -0.321. The topological polar surface area (TPSA) is 88.3 Å². The molecule has 1 aliphatic heterocycles. The smallest absolute Gasteiger partial charge is 0.319 e.